The van der Waals surface area contributed by atoms with Crippen LogP contribution in [0.5, 0.6) is 0 Å². The minimum absolute atomic E-state index is 0.104. The zero-order valence-electron chi connectivity index (χ0n) is 15.2. The Bertz CT molecular complexity index is 1030. The monoisotopic (exact) mass is 399 g/mol. The van der Waals surface area contributed by atoms with Gasteiger partial charge in [0.15, 0.2) is 0 Å². The molecule has 2 aromatic carbocycles. The van der Waals surface area contributed by atoms with Crippen molar-refractivity contribution in [3.8, 4) is 0 Å². The van der Waals surface area contributed by atoms with E-state index in [9.17, 15) is 13.2 Å². The van der Waals surface area contributed by atoms with Gasteiger partial charge in [-0.15, -0.1) is 0 Å². The summed E-state index contributed by atoms with van der Waals surface area (Å²) >= 11 is 0. The number of amides is 1. The molecule has 8 heteroatoms. The number of hydrogen-bond donors (Lipinski definition) is 2. The summed E-state index contributed by atoms with van der Waals surface area (Å²) in [4.78, 5) is 12.6. The van der Waals surface area contributed by atoms with Crippen LogP contribution in [0.3, 0.4) is 0 Å². The predicted molar refractivity (Wildman–Crippen MR) is 105 cm³/mol. The van der Waals surface area contributed by atoms with Gasteiger partial charge in [-0.05, 0) is 30.2 Å². The smallest absolute Gasteiger partial charge is 0.269 e. The van der Waals surface area contributed by atoms with E-state index in [1.54, 1.807) is 12.1 Å². The molecule has 4 rings (SSSR count). The summed E-state index contributed by atoms with van der Waals surface area (Å²) in [6, 6.07) is 14.0. The molecule has 1 aliphatic carbocycles. The molecule has 0 unspecified atom stereocenters. The van der Waals surface area contributed by atoms with Gasteiger partial charge in [-0.25, -0.2) is 8.42 Å². The largest absolute Gasteiger partial charge is 0.379 e. The second kappa shape index (κ2) is 7.75. The van der Waals surface area contributed by atoms with Crippen LogP contribution >= 0.6 is 0 Å². The summed E-state index contributed by atoms with van der Waals surface area (Å²) in [5.41, 5.74) is 8.94. The fraction of sp³-hybridized carbons (Fsp3) is 0.250. The molecule has 1 amide bonds. The number of hydrazine groups is 1. The third-order valence-corrected chi connectivity index (χ3v) is 6.74. The zero-order valence-corrected chi connectivity index (χ0v) is 16.0. The summed E-state index contributed by atoms with van der Waals surface area (Å²) in [7, 11) is -3.65. The van der Waals surface area contributed by atoms with Gasteiger partial charge in [0.1, 0.15) is 0 Å². The molecule has 2 aliphatic rings. The van der Waals surface area contributed by atoms with Gasteiger partial charge in [0.25, 0.3) is 5.91 Å². The highest BCUT2D eigenvalue weighted by Gasteiger charge is 2.27. The number of allylic oxidation sites excluding steroid dienone is 1. The number of sulfonamides is 1. The second-order valence-electron chi connectivity index (χ2n) is 6.60. The third-order valence-electron chi connectivity index (χ3n) is 4.85. The van der Waals surface area contributed by atoms with Crippen molar-refractivity contribution in [3.05, 3.63) is 71.3 Å². The molecule has 146 valence electrons. The van der Waals surface area contributed by atoms with Crippen LogP contribution in [-0.4, -0.2) is 44.9 Å². The Balaban J connectivity index is 1.46. The van der Waals surface area contributed by atoms with Crippen molar-refractivity contribution in [3.63, 3.8) is 0 Å². The van der Waals surface area contributed by atoms with Crippen LogP contribution in [0.25, 0.3) is 5.70 Å². The molecule has 0 spiro atoms. The molecular weight excluding hydrogens is 378 g/mol. The highest BCUT2D eigenvalue weighted by atomic mass is 32.2. The number of ether oxygens (including phenoxy) is 1. The van der Waals surface area contributed by atoms with Crippen LogP contribution in [0.4, 0.5) is 0 Å². The van der Waals surface area contributed by atoms with E-state index in [0.29, 0.717) is 26.3 Å². The lowest BCUT2D eigenvalue weighted by molar-refractivity contribution is 0.0730. The second-order valence-corrected chi connectivity index (χ2v) is 8.54. The summed E-state index contributed by atoms with van der Waals surface area (Å²) in [6.45, 7) is 1.38. The molecule has 0 atom stereocenters. The zero-order chi connectivity index (χ0) is 19.6. The maximum Gasteiger partial charge on any atom is 0.269 e. The Morgan fingerprint density at radius 3 is 2.64 bits per heavy atom. The van der Waals surface area contributed by atoms with Crippen molar-refractivity contribution in [2.45, 2.75) is 11.3 Å². The molecule has 2 aromatic rings. The first kappa shape index (κ1) is 18.7. The molecule has 0 radical (unpaired) electrons. The number of benzene rings is 2. The number of morpholine rings is 1. The maximum absolute atomic E-state index is 12.8. The number of hydrogen-bond acceptors (Lipinski definition) is 5. The van der Waals surface area contributed by atoms with Crippen LogP contribution in [0.2, 0.25) is 0 Å². The Morgan fingerprint density at radius 1 is 1.04 bits per heavy atom. The minimum atomic E-state index is -3.65. The molecule has 1 saturated heterocycles. The number of carbonyl (C=O) groups is 1. The SMILES string of the molecule is O=C(NNC1=CCc2ccccc21)c1cccc(S(=O)(=O)N2CCOCC2)c1. The first-order chi connectivity index (χ1) is 13.6. The highest BCUT2D eigenvalue weighted by molar-refractivity contribution is 7.89. The molecule has 7 nitrogen and oxygen atoms in total. The van der Waals surface area contributed by atoms with E-state index in [2.05, 4.69) is 10.9 Å². The fourth-order valence-corrected chi connectivity index (χ4v) is 4.79. The van der Waals surface area contributed by atoms with Crippen molar-refractivity contribution in [2.24, 2.45) is 0 Å². The van der Waals surface area contributed by atoms with Gasteiger partial charge in [-0.2, -0.15) is 4.31 Å². The molecule has 2 N–H and O–H groups in total. The van der Waals surface area contributed by atoms with Crippen molar-refractivity contribution < 1.29 is 17.9 Å². The highest BCUT2D eigenvalue weighted by Crippen LogP contribution is 2.24. The van der Waals surface area contributed by atoms with E-state index in [1.807, 2.05) is 30.3 Å². The standard InChI is InChI=1S/C20H21N3O4S/c24-20(22-21-19-9-8-15-4-1-2-7-18(15)19)16-5-3-6-17(14-16)28(25,26)23-10-12-27-13-11-23/h1-7,9,14,21H,8,10-13H2,(H,22,24). The van der Waals surface area contributed by atoms with Crippen molar-refractivity contribution in [1.82, 2.24) is 15.2 Å². The van der Waals surface area contributed by atoms with Gasteiger partial charge in [0.05, 0.1) is 23.8 Å². The fourth-order valence-electron chi connectivity index (χ4n) is 3.33. The number of rotatable bonds is 5. The number of nitrogens with zero attached hydrogens (tertiary/aromatic N) is 1. The van der Waals surface area contributed by atoms with Crippen LogP contribution in [0.15, 0.2) is 59.5 Å². The normalized spacial score (nSPS) is 16.9. The summed E-state index contributed by atoms with van der Waals surface area (Å²) in [5, 5.41) is 0. The summed E-state index contributed by atoms with van der Waals surface area (Å²) < 4.78 is 32.2. The maximum atomic E-state index is 12.8. The molecule has 1 heterocycles. The van der Waals surface area contributed by atoms with Crippen LogP contribution in [0, 0.1) is 0 Å². The number of carbonyl (C=O) groups excluding carboxylic acids is 1. The predicted octanol–water partition coefficient (Wildman–Crippen LogP) is 1.54. The Hall–Kier alpha value is -2.68. The van der Waals surface area contributed by atoms with Gasteiger partial charge in [-0.3, -0.25) is 15.6 Å². The summed E-state index contributed by atoms with van der Waals surface area (Å²) in [6.07, 6.45) is 2.81. The van der Waals surface area contributed by atoms with Crippen molar-refractivity contribution in [2.75, 3.05) is 26.3 Å². The molecule has 0 saturated carbocycles. The van der Waals surface area contributed by atoms with Crippen LogP contribution in [-0.2, 0) is 21.2 Å². The van der Waals surface area contributed by atoms with E-state index in [-0.39, 0.29) is 10.5 Å². The minimum Gasteiger partial charge on any atom is -0.379 e. The van der Waals surface area contributed by atoms with Crippen molar-refractivity contribution >= 4 is 21.6 Å². The molecule has 0 bridgehead atoms. The van der Waals surface area contributed by atoms with Gasteiger partial charge >= 0.3 is 0 Å². The molecule has 1 fully saturated rings. The molecule has 0 aromatic heterocycles. The van der Waals surface area contributed by atoms with Gasteiger partial charge < -0.3 is 4.74 Å². The summed E-state index contributed by atoms with van der Waals surface area (Å²) in [5.74, 6) is -0.399. The Labute approximate surface area is 164 Å². The Kier molecular flexibility index (Phi) is 5.17. The first-order valence-electron chi connectivity index (χ1n) is 9.08. The lowest BCUT2D eigenvalue weighted by Gasteiger charge is -2.26. The average Bonchev–Trinajstić information content (AvgIpc) is 3.16. The quantitative estimate of drug-likeness (QED) is 0.745. The van der Waals surface area contributed by atoms with Gasteiger partial charge in [0.2, 0.25) is 10.0 Å². The third kappa shape index (κ3) is 3.66. The van der Waals surface area contributed by atoms with E-state index >= 15 is 0 Å². The molecular formula is C20H21N3O4S. The van der Waals surface area contributed by atoms with E-state index in [1.165, 1.54) is 22.0 Å². The molecule has 1 aliphatic heterocycles. The Morgan fingerprint density at radius 2 is 1.82 bits per heavy atom. The van der Waals surface area contributed by atoms with Crippen LogP contribution < -0.4 is 10.9 Å². The van der Waals surface area contributed by atoms with E-state index < -0.39 is 15.9 Å². The average molecular weight is 399 g/mol. The van der Waals surface area contributed by atoms with E-state index in [0.717, 1.165) is 17.7 Å². The first-order valence-corrected chi connectivity index (χ1v) is 10.5. The van der Waals surface area contributed by atoms with Gasteiger partial charge in [-0.1, -0.05) is 36.4 Å². The topological polar surface area (TPSA) is 87.7 Å². The number of fused-ring (bicyclic) bond motifs is 1. The molecule has 28 heavy (non-hydrogen) atoms. The lowest BCUT2D eigenvalue weighted by atomic mass is 10.1. The number of nitrogens with one attached hydrogen (secondary N) is 2. The van der Waals surface area contributed by atoms with Gasteiger partial charge in [0, 0.05) is 24.2 Å². The lowest BCUT2D eigenvalue weighted by Crippen LogP contribution is -2.40. The van der Waals surface area contributed by atoms with Crippen molar-refractivity contribution in [1.29, 1.82) is 0 Å². The van der Waals surface area contributed by atoms with Crippen LogP contribution in [0.1, 0.15) is 21.5 Å². The van der Waals surface area contributed by atoms with E-state index in [4.69, 9.17) is 4.74 Å².